The highest BCUT2D eigenvalue weighted by Gasteiger charge is 2.04. The molecule has 4 nitrogen and oxygen atoms in total. The Hall–Kier alpha value is -1.98. The first-order valence-electron chi connectivity index (χ1n) is 6.60. The van der Waals surface area contributed by atoms with Crippen molar-refractivity contribution in [2.24, 2.45) is 0 Å². The number of aromatic nitrogens is 2. The molecule has 3 rings (SSSR count). The van der Waals surface area contributed by atoms with Gasteiger partial charge in [0.15, 0.2) is 0 Å². The van der Waals surface area contributed by atoms with E-state index in [4.69, 9.17) is 16.3 Å². The number of pyridine rings is 1. The van der Waals surface area contributed by atoms with Crippen LogP contribution in [0.4, 0.5) is 0 Å². The van der Waals surface area contributed by atoms with E-state index in [1.807, 2.05) is 24.3 Å². The molecule has 0 aliphatic heterocycles. The standard InChI is InChI=1S/C16H13ClN2O2S/c1-21-13-3-5-14(6-4-13)22-10-12-8-16(20)19-9-11(17)2-7-15(19)18-12/h2-9H,10H2,1H3. The zero-order valence-electron chi connectivity index (χ0n) is 11.8. The minimum absolute atomic E-state index is 0.127. The summed E-state index contributed by atoms with van der Waals surface area (Å²) in [4.78, 5) is 17.7. The van der Waals surface area contributed by atoms with E-state index in [0.29, 0.717) is 16.4 Å². The third kappa shape index (κ3) is 3.26. The zero-order chi connectivity index (χ0) is 15.5. The first-order chi connectivity index (χ1) is 10.7. The second-order valence-corrected chi connectivity index (χ2v) is 6.11. The van der Waals surface area contributed by atoms with Gasteiger partial charge in [0.05, 0.1) is 17.8 Å². The average molecular weight is 333 g/mol. The van der Waals surface area contributed by atoms with E-state index < -0.39 is 0 Å². The fourth-order valence-corrected chi connectivity index (χ4v) is 2.98. The van der Waals surface area contributed by atoms with Crippen molar-refractivity contribution < 1.29 is 4.74 Å². The summed E-state index contributed by atoms with van der Waals surface area (Å²) >= 11 is 7.52. The van der Waals surface area contributed by atoms with Crippen molar-refractivity contribution in [3.05, 3.63) is 69.7 Å². The van der Waals surface area contributed by atoms with Crippen LogP contribution in [0.25, 0.3) is 5.65 Å². The van der Waals surface area contributed by atoms with Crippen LogP contribution in [0.2, 0.25) is 5.02 Å². The second kappa shape index (κ2) is 6.42. The molecule has 2 heterocycles. The maximum Gasteiger partial charge on any atom is 0.258 e. The van der Waals surface area contributed by atoms with Gasteiger partial charge in [0.1, 0.15) is 11.4 Å². The highest BCUT2D eigenvalue weighted by molar-refractivity contribution is 7.98. The molecule has 1 aromatic carbocycles. The highest BCUT2D eigenvalue weighted by Crippen LogP contribution is 2.24. The molecule has 0 amide bonds. The Bertz CT molecular complexity index is 862. The number of thioether (sulfide) groups is 1. The third-order valence-corrected chi connectivity index (χ3v) is 4.39. The van der Waals surface area contributed by atoms with Crippen molar-refractivity contribution in [1.29, 1.82) is 0 Å². The smallest absolute Gasteiger partial charge is 0.258 e. The van der Waals surface area contributed by atoms with Crippen LogP contribution in [0.3, 0.4) is 0 Å². The number of fused-ring (bicyclic) bond motifs is 1. The predicted octanol–water partition coefficient (Wildman–Crippen LogP) is 3.65. The Kier molecular flexibility index (Phi) is 4.36. The SMILES string of the molecule is COc1ccc(SCc2cc(=O)n3cc(Cl)ccc3n2)cc1. The van der Waals surface area contributed by atoms with Crippen LogP contribution in [-0.4, -0.2) is 16.5 Å². The van der Waals surface area contributed by atoms with E-state index in [0.717, 1.165) is 16.3 Å². The largest absolute Gasteiger partial charge is 0.497 e. The summed E-state index contributed by atoms with van der Waals surface area (Å²) in [6, 6.07) is 12.8. The van der Waals surface area contributed by atoms with Crippen LogP contribution in [0.5, 0.6) is 5.75 Å². The molecule has 0 spiro atoms. The Morgan fingerprint density at radius 1 is 1.23 bits per heavy atom. The van der Waals surface area contributed by atoms with Crippen LogP contribution < -0.4 is 10.3 Å². The number of rotatable bonds is 4. The van der Waals surface area contributed by atoms with Crippen molar-refractivity contribution in [1.82, 2.24) is 9.38 Å². The van der Waals surface area contributed by atoms with Gasteiger partial charge in [-0.15, -0.1) is 11.8 Å². The van der Waals surface area contributed by atoms with Crippen LogP contribution >= 0.6 is 23.4 Å². The molecule has 0 aliphatic rings. The third-order valence-electron chi connectivity index (χ3n) is 3.12. The Labute approximate surface area is 136 Å². The predicted molar refractivity (Wildman–Crippen MR) is 89.0 cm³/mol. The number of methoxy groups -OCH3 is 1. The van der Waals surface area contributed by atoms with Crippen molar-refractivity contribution in [3.8, 4) is 5.75 Å². The van der Waals surface area contributed by atoms with Gasteiger partial charge < -0.3 is 4.74 Å². The van der Waals surface area contributed by atoms with Gasteiger partial charge in [0.2, 0.25) is 0 Å². The normalized spacial score (nSPS) is 10.8. The van der Waals surface area contributed by atoms with Gasteiger partial charge in [-0.05, 0) is 36.4 Å². The number of hydrogen-bond acceptors (Lipinski definition) is 4. The van der Waals surface area contributed by atoms with Gasteiger partial charge in [-0.1, -0.05) is 11.6 Å². The minimum atomic E-state index is -0.127. The molecule has 0 fully saturated rings. The monoisotopic (exact) mass is 332 g/mol. The molecule has 0 aliphatic carbocycles. The van der Waals surface area contributed by atoms with E-state index in [1.165, 1.54) is 4.40 Å². The molecule has 0 atom stereocenters. The highest BCUT2D eigenvalue weighted by atomic mass is 35.5. The maximum atomic E-state index is 12.1. The van der Waals surface area contributed by atoms with E-state index >= 15 is 0 Å². The zero-order valence-corrected chi connectivity index (χ0v) is 13.4. The molecule has 112 valence electrons. The fourth-order valence-electron chi connectivity index (χ4n) is 2.03. The van der Waals surface area contributed by atoms with Crippen LogP contribution in [0.15, 0.2) is 58.4 Å². The topological polar surface area (TPSA) is 43.6 Å². The number of ether oxygens (including phenoxy) is 1. The Morgan fingerprint density at radius 2 is 2.00 bits per heavy atom. The lowest BCUT2D eigenvalue weighted by Gasteiger charge is -2.05. The molecule has 6 heteroatoms. The van der Waals surface area contributed by atoms with Crippen LogP contribution in [0.1, 0.15) is 5.69 Å². The molecular weight excluding hydrogens is 320 g/mol. The molecule has 0 radical (unpaired) electrons. The summed E-state index contributed by atoms with van der Waals surface area (Å²) in [5.74, 6) is 1.45. The summed E-state index contributed by atoms with van der Waals surface area (Å²) in [7, 11) is 1.64. The molecule has 0 N–H and O–H groups in total. The summed E-state index contributed by atoms with van der Waals surface area (Å²) in [6.45, 7) is 0. The molecule has 2 aromatic heterocycles. The maximum absolute atomic E-state index is 12.1. The Morgan fingerprint density at radius 3 is 2.73 bits per heavy atom. The van der Waals surface area contributed by atoms with Crippen molar-refractivity contribution in [2.45, 2.75) is 10.6 Å². The lowest BCUT2D eigenvalue weighted by Crippen LogP contribution is -2.14. The Balaban J connectivity index is 1.81. The van der Waals surface area contributed by atoms with Gasteiger partial charge in [0.25, 0.3) is 5.56 Å². The summed E-state index contributed by atoms with van der Waals surface area (Å²) in [5, 5.41) is 0.511. The van der Waals surface area contributed by atoms with Gasteiger partial charge in [-0.3, -0.25) is 9.20 Å². The molecule has 0 saturated heterocycles. The summed E-state index contributed by atoms with van der Waals surface area (Å²) < 4.78 is 6.58. The molecule has 0 saturated carbocycles. The number of benzene rings is 1. The fraction of sp³-hybridized carbons (Fsp3) is 0.125. The van der Waals surface area contributed by atoms with Crippen molar-refractivity contribution >= 4 is 29.0 Å². The molecule has 0 unspecified atom stereocenters. The first-order valence-corrected chi connectivity index (χ1v) is 7.97. The number of halogens is 1. The first kappa shape index (κ1) is 14.9. The number of hydrogen-bond donors (Lipinski definition) is 0. The molecule has 0 bridgehead atoms. The van der Waals surface area contributed by atoms with Crippen molar-refractivity contribution in [2.75, 3.05) is 7.11 Å². The van der Waals surface area contributed by atoms with Gasteiger partial charge in [-0.2, -0.15) is 0 Å². The van der Waals surface area contributed by atoms with Gasteiger partial charge in [-0.25, -0.2) is 4.98 Å². The van der Waals surface area contributed by atoms with Crippen LogP contribution in [-0.2, 0) is 5.75 Å². The van der Waals surface area contributed by atoms with E-state index in [-0.39, 0.29) is 5.56 Å². The number of nitrogens with zero attached hydrogens (tertiary/aromatic N) is 2. The summed E-state index contributed by atoms with van der Waals surface area (Å²) in [5.41, 5.74) is 1.22. The van der Waals surface area contributed by atoms with Gasteiger partial charge in [0, 0.05) is 22.9 Å². The van der Waals surface area contributed by atoms with E-state index in [2.05, 4.69) is 4.98 Å². The average Bonchev–Trinajstić information content (AvgIpc) is 2.54. The lowest BCUT2D eigenvalue weighted by atomic mass is 10.3. The second-order valence-electron chi connectivity index (χ2n) is 4.63. The molecule has 3 aromatic rings. The van der Waals surface area contributed by atoms with E-state index in [9.17, 15) is 4.79 Å². The minimum Gasteiger partial charge on any atom is -0.497 e. The van der Waals surface area contributed by atoms with Crippen molar-refractivity contribution in [3.63, 3.8) is 0 Å². The molecule has 22 heavy (non-hydrogen) atoms. The van der Waals surface area contributed by atoms with Crippen LogP contribution in [0, 0.1) is 0 Å². The van der Waals surface area contributed by atoms with E-state index in [1.54, 1.807) is 43.3 Å². The molecular formula is C16H13ClN2O2S. The quantitative estimate of drug-likeness (QED) is 0.684. The lowest BCUT2D eigenvalue weighted by molar-refractivity contribution is 0.414. The van der Waals surface area contributed by atoms with Gasteiger partial charge >= 0.3 is 0 Å². The summed E-state index contributed by atoms with van der Waals surface area (Å²) in [6.07, 6.45) is 1.58.